The minimum atomic E-state index is -0.224. The molecule has 1 amide bonds. The van der Waals surface area contributed by atoms with E-state index in [1.807, 2.05) is 54.7 Å². The summed E-state index contributed by atoms with van der Waals surface area (Å²) in [5, 5.41) is 7.35. The number of fused-ring (bicyclic) bond motifs is 1. The number of hydrogen-bond donors (Lipinski definition) is 3. The van der Waals surface area contributed by atoms with Gasteiger partial charge in [-0.3, -0.25) is 4.79 Å². The predicted molar refractivity (Wildman–Crippen MR) is 98.5 cm³/mol. The summed E-state index contributed by atoms with van der Waals surface area (Å²) in [6, 6.07) is 15.8. The van der Waals surface area contributed by atoms with Crippen LogP contribution in [0.25, 0.3) is 10.9 Å². The van der Waals surface area contributed by atoms with E-state index in [-0.39, 0.29) is 11.8 Å². The Balaban J connectivity index is 1.60. The topological polar surface area (TPSA) is 66.2 Å². The maximum Gasteiger partial charge on any atom is 0.231 e. The average molecular weight is 333 g/mol. The van der Waals surface area contributed by atoms with Crippen molar-refractivity contribution in [3.63, 3.8) is 0 Å². The normalized spacial score (nSPS) is 17.1. The van der Waals surface area contributed by atoms with Gasteiger partial charge >= 0.3 is 0 Å². The number of aromatic nitrogens is 1. The molecule has 1 aromatic heterocycles. The molecule has 2 aromatic carbocycles. The standard InChI is InChI=1S/C20H19N3O2/c1-25-15-5-2-4-13(10-15)23-14-11-18(20(24)22-12-14)16-6-3-7-19-17(16)8-9-21-19/h2-10,12,18,21,23H,11H2,1H3,(H,22,24). The van der Waals surface area contributed by atoms with Gasteiger partial charge in [0.1, 0.15) is 5.75 Å². The van der Waals surface area contributed by atoms with E-state index in [0.717, 1.165) is 33.6 Å². The van der Waals surface area contributed by atoms with Gasteiger partial charge in [0, 0.05) is 47.2 Å². The molecule has 0 bridgehead atoms. The van der Waals surface area contributed by atoms with Gasteiger partial charge in [-0.15, -0.1) is 0 Å². The number of anilines is 1. The molecule has 25 heavy (non-hydrogen) atoms. The Morgan fingerprint density at radius 3 is 2.92 bits per heavy atom. The van der Waals surface area contributed by atoms with Gasteiger partial charge in [0.2, 0.25) is 5.91 Å². The van der Waals surface area contributed by atoms with Crippen LogP contribution in [0.3, 0.4) is 0 Å². The zero-order valence-corrected chi connectivity index (χ0v) is 13.9. The van der Waals surface area contributed by atoms with E-state index in [9.17, 15) is 4.79 Å². The van der Waals surface area contributed by atoms with E-state index in [1.165, 1.54) is 0 Å². The molecular weight excluding hydrogens is 314 g/mol. The molecule has 126 valence electrons. The predicted octanol–water partition coefficient (Wildman–Crippen LogP) is 3.73. The van der Waals surface area contributed by atoms with Crippen LogP contribution < -0.4 is 15.4 Å². The number of H-pyrrole nitrogens is 1. The SMILES string of the molecule is COc1cccc(NC2=CNC(=O)C(c3cccc4[nH]ccc34)C2)c1. The summed E-state index contributed by atoms with van der Waals surface area (Å²) in [7, 11) is 1.65. The van der Waals surface area contributed by atoms with Crippen molar-refractivity contribution < 1.29 is 9.53 Å². The van der Waals surface area contributed by atoms with Crippen molar-refractivity contribution in [3.05, 3.63) is 72.2 Å². The molecule has 0 fully saturated rings. The van der Waals surface area contributed by atoms with Crippen LogP contribution in [0.5, 0.6) is 5.75 Å². The van der Waals surface area contributed by atoms with E-state index in [2.05, 4.69) is 15.6 Å². The minimum absolute atomic E-state index is 0.0184. The molecule has 5 nitrogen and oxygen atoms in total. The molecule has 0 spiro atoms. The number of allylic oxidation sites excluding steroid dienone is 1. The molecular formula is C20H19N3O2. The summed E-state index contributed by atoms with van der Waals surface area (Å²) in [6.07, 6.45) is 4.27. The Bertz CT molecular complexity index is 958. The third kappa shape index (κ3) is 2.96. The molecule has 4 rings (SSSR count). The summed E-state index contributed by atoms with van der Waals surface area (Å²) < 4.78 is 5.26. The monoisotopic (exact) mass is 333 g/mol. The van der Waals surface area contributed by atoms with Crippen LogP contribution in [-0.4, -0.2) is 18.0 Å². The van der Waals surface area contributed by atoms with E-state index >= 15 is 0 Å². The first-order chi connectivity index (χ1) is 12.2. The van der Waals surface area contributed by atoms with Crippen LogP contribution in [0.4, 0.5) is 5.69 Å². The largest absolute Gasteiger partial charge is 0.497 e. The summed E-state index contributed by atoms with van der Waals surface area (Å²) in [6.45, 7) is 0. The number of amides is 1. The van der Waals surface area contributed by atoms with Crippen molar-refractivity contribution in [2.24, 2.45) is 0 Å². The Labute approximate surface area is 145 Å². The number of rotatable bonds is 4. The number of nitrogens with one attached hydrogen (secondary N) is 3. The van der Waals surface area contributed by atoms with Gasteiger partial charge in [0.15, 0.2) is 0 Å². The van der Waals surface area contributed by atoms with Crippen molar-refractivity contribution in [1.29, 1.82) is 0 Å². The van der Waals surface area contributed by atoms with Crippen LogP contribution in [0.2, 0.25) is 0 Å². The first-order valence-corrected chi connectivity index (χ1v) is 8.21. The number of carbonyl (C=O) groups excluding carboxylic acids is 1. The lowest BCUT2D eigenvalue weighted by molar-refractivity contribution is -0.122. The molecule has 1 atom stereocenters. The second kappa shape index (κ2) is 6.36. The number of methoxy groups -OCH3 is 1. The molecule has 0 saturated carbocycles. The first-order valence-electron chi connectivity index (χ1n) is 8.21. The van der Waals surface area contributed by atoms with Gasteiger partial charge in [-0.05, 0) is 29.8 Å². The van der Waals surface area contributed by atoms with Crippen molar-refractivity contribution >= 4 is 22.5 Å². The highest BCUT2D eigenvalue weighted by Crippen LogP contribution is 2.32. The smallest absolute Gasteiger partial charge is 0.231 e. The lowest BCUT2D eigenvalue weighted by Crippen LogP contribution is -2.31. The Kier molecular flexibility index (Phi) is 3.90. The second-order valence-electron chi connectivity index (χ2n) is 6.08. The lowest BCUT2D eigenvalue weighted by Gasteiger charge is -2.24. The number of ether oxygens (including phenoxy) is 1. The third-order valence-electron chi connectivity index (χ3n) is 4.51. The fraction of sp³-hybridized carbons (Fsp3) is 0.150. The van der Waals surface area contributed by atoms with Gasteiger partial charge in [-0.2, -0.15) is 0 Å². The number of carbonyl (C=O) groups is 1. The molecule has 3 N–H and O–H groups in total. The van der Waals surface area contributed by atoms with Crippen LogP contribution >= 0.6 is 0 Å². The van der Waals surface area contributed by atoms with Crippen LogP contribution in [0, 0.1) is 0 Å². The zero-order chi connectivity index (χ0) is 17.2. The molecule has 1 aliphatic heterocycles. The third-order valence-corrected chi connectivity index (χ3v) is 4.51. The number of hydrogen-bond acceptors (Lipinski definition) is 3. The van der Waals surface area contributed by atoms with Gasteiger partial charge in [-0.25, -0.2) is 0 Å². The maximum absolute atomic E-state index is 12.4. The molecule has 5 heteroatoms. The fourth-order valence-electron chi connectivity index (χ4n) is 3.27. The average Bonchev–Trinajstić information content (AvgIpc) is 3.12. The van der Waals surface area contributed by atoms with Crippen molar-refractivity contribution in [2.75, 3.05) is 12.4 Å². The Morgan fingerprint density at radius 2 is 2.04 bits per heavy atom. The van der Waals surface area contributed by atoms with Gasteiger partial charge in [0.05, 0.1) is 13.0 Å². The summed E-state index contributed by atoms with van der Waals surface area (Å²) in [5.74, 6) is 0.585. The van der Waals surface area contributed by atoms with Gasteiger partial charge < -0.3 is 20.4 Å². The maximum atomic E-state index is 12.4. The second-order valence-corrected chi connectivity index (χ2v) is 6.08. The highest BCUT2D eigenvalue weighted by atomic mass is 16.5. The highest BCUT2D eigenvalue weighted by molar-refractivity contribution is 5.93. The zero-order valence-electron chi connectivity index (χ0n) is 13.9. The fourth-order valence-corrected chi connectivity index (χ4v) is 3.27. The van der Waals surface area contributed by atoms with Crippen molar-refractivity contribution in [1.82, 2.24) is 10.3 Å². The van der Waals surface area contributed by atoms with Crippen LogP contribution in [0.15, 0.2) is 66.6 Å². The van der Waals surface area contributed by atoms with E-state index in [4.69, 9.17) is 4.74 Å². The van der Waals surface area contributed by atoms with Crippen molar-refractivity contribution in [3.8, 4) is 5.75 Å². The molecule has 0 radical (unpaired) electrons. The summed E-state index contributed by atoms with van der Waals surface area (Å²) in [4.78, 5) is 15.6. The van der Waals surface area contributed by atoms with Crippen molar-refractivity contribution in [2.45, 2.75) is 12.3 Å². The molecule has 2 heterocycles. The Hall–Kier alpha value is -3.21. The van der Waals surface area contributed by atoms with Gasteiger partial charge in [-0.1, -0.05) is 18.2 Å². The molecule has 0 saturated heterocycles. The first kappa shape index (κ1) is 15.3. The molecule has 1 unspecified atom stereocenters. The molecule has 0 aliphatic carbocycles. The van der Waals surface area contributed by atoms with Gasteiger partial charge in [0.25, 0.3) is 0 Å². The van der Waals surface area contributed by atoms with E-state index in [0.29, 0.717) is 6.42 Å². The summed E-state index contributed by atoms with van der Waals surface area (Å²) >= 11 is 0. The minimum Gasteiger partial charge on any atom is -0.497 e. The molecule has 1 aliphatic rings. The quantitative estimate of drug-likeness (QED) is 0.681. The Morgan fingerprint density at radius 1 is 1.16 bits per heavy atom. The highest BCUT2D eigenvalue weighted by Gasteiger charge is 2.27. The van der Waals surface area contributed by atoms with E-state index in [1.54, 1.807) is 13.3 Å². The summed E-state index contributed by atoms with van der Waals surface area (Å²) in [5.41, 5.74) is 3.97. The lowest BCUT2D eigenvalue weighted by atomic mass is 9.89. The number of benzene rings is 2. The number of aromatic amines is 1. The van der Waals surface area contributed by atoms with E-state index < -0.39 is 0 Å². The van der Waals surface area contributed by atoms with Crippen LogP contribution in [-0.2, 0) is 4.79 Å². The van der Waals surface area contributed by atoms with Crippen LogP contribution in [0.1, 0.15) is 17.9 Å². The molecule has 3 aromatic rings.